The number of nitrogens with zero attached hydrogens (tertiary/aromatic N) is 1. The van der Waals surface area contributed by atoms with Crippen molar-refractivity contribution in [2.75, 3.05) is 11.4 Å². The second-order valence-corrected chi connectivity index (χ2v) is 7.04. The van der Waals surface area contributed by atoms with E-state index in [2.05, 4.69) is 34.4 Å². The van der Waals surface area contributed by atoms with E-state index in [9.17, 15) is 4.79 Å². The van der Waals surface area contributed by atoms with Crippen molar-refractivity contribution >= 4 is 34.2 Å². The molecular weight excluding hydrogens is 433 g/mol. The maximum absolute atomic E-state index is 13.2. The number of anilines is 1. The Balaban J connectivity index is 1.93. The van der Waals surface area contributed by atoms with Gasteiger partial charge in [-0.2, -0.15) is 0 Å². The van der Waals surface area contributed by atoms with Gasteiger partial charge in [0.15, 0.2) is 0 Å². The summed E-state index contributed by atoms with van der Waals surface area (Å²) < 4.78 is 0.934. The minimum absolute atomic E-state index is 0.0389. The molecule has 0 aliphatic carbocycles. The third-order valence-corrected chi connectivity index (χ3v) is 4.85. The molecule has 3 rings (SSSR count). The number of carbonyl (C=O) groups is 1. The molecule has 2 nitrogen and oxygen atoms in total. The first kappa shape index (κ1) is 18.2. The van der Waals surface area contributed by atoms with E-state index < -0.39 is 0 Å². The fourth-order valence-corrected chi connectivity index (χ4v) is 3.22. The first-order valence-electron chi connectivity index (χ1n) is 8.32. The van der Waals surface area contributed by atoms with Gasteiger partial charge in [0.1, 0.15) is 0 Å². The zero-order chi connectivity index (χ0) is 18.4. The molecule has 0 radical (unpaired) electrons. The van der Waals surface area contributed by atoms with Crippen LogP contribution in [0.15, 0.2) is 78.9 Å². The molecule has 128 valence electrons. The van der Waals surface area contributed by atoms with Crippen LogP contribution in [0.1, 0.15) is 21.5 Å². The van der Waals surface area contributed by atoms with Crippen LogP contribution in [0.5, 0.6) is 0 Å². The highest BCUT2D eigenvalue weighted by Crippen LogP contribution is 2.21. The minimum atomic E-state index is -0.0389. The monoisotopic (exact) mass is 451 g/mol. The van der Waals surface area contributed by atoms with Crippen molar-refractivity contribution in [3.63, 3.8) is 0 Å². The lowest BCUT2D eigenvalue weighted by atomic mass is 10.1. The molecule has 1 amide bonds. The van der Waals surface area contributed by atoms with Crippen LogP contribution < -0.4 is 4.90 Å². The highest BCUT2D eigenvalue weighted by molar-refractivity contribution is 14.1. The van der Waals surface area contributed by atoms with Crippen LogP contribution in [0, 0.1) is 22.3 Å². The van der Waals surface area contributed by atoms with E-state index in [4.69, 9.17) is 0 Å². The molecule has 0 bridgehead atoms. The molecule has 0 saturated heterocycles. The topological polar surface area (TPSA) is 20.3 Å². The molecule has 0 spiro atoms. The van der Waals surface area contributed by atoms with Crippen LogP contribution >= 0.6 is 22.6 Å². The van der Waals surface area contributed by atoms with Crippen LogP contribution in [0.3, 0.4) is 0 Å². The van der Waals surface area contributed by atoms with Crippen LogP contribution in [0.25, 0.3) is 0 Å². The van der Waals surface area contributed by atoms with Gasteiger partial charge < -0.3 is 0 Å². The van der Waals surface area contributed by atoms with Gasteiger partial charge in [-0.25, -0.2) is 0 Å². The molecule has 0 heterocycles. The Morgan fingerprint density at radius 3 is 2.42 bits per heavy atom. The summed E-state index contributed by atoms with van der Waals surface area (Å²) in [6, 6.07) is 25.4. The number of carbonyl (C=O) groups excluding carboxylic acids is 1. The van der Waals surface area contributed by atoms with E-state index in [1.54, 1.807) is 4.90 Å². The van der Waals surface area contributed by atoms with Gasteiger partial charge in [-0.05, 0) is 71.5 Å². The number of rotatable bonds is 3. The zero-order valence-corrected chi connectivity index (χ0v) is 16.6. The number of amides is 1. The lowest BCUT2D eigenvalue weighted by Gasteiger charge is -2.21. The normalized spacial score (nSPS) is 9.92. The Morgan fingerprint density at radius 2 is 1.69 bits per heavy atom. The summed E-state index contributed by atoms with van der Waals surface area (Å²) in [7, 11) is 0. The lowest BCUT2D eigenvalue weighted by molar-refractivity contribution is 0.0989. The predicted octanol–water partition coefficient (Wildman–Crippen LogP) is 5.30. The average Bonchev–Trinajstić information content (AvgIpc) is 2.66. The Morgan fingerprint density at radius 1 is 0.962 bits per heavy atom. The molecule has 0 aliphatic heterocycles. The van der Waals surface area contributed by atoms with Crippen LogP contribution in [0.2, 0.25) is 0 Å². The summed E-state index contributed by atoms with van der Waals surface area (Å²) in [5.41, 5.74) is 3.60. The number of halogens is 1. The predicted molar refractivity (Wildman–Crippen MR) is 115 cm³/mol. The van der Waals surface area contributed by atoms with Gasteiger partial charge in [-0.15, -0.1) is 0 Å². The number of aryl methyl sites for hydroxylation is 1. The van der Waals surface area contributed by atoms with Crippen LogP contribution in [0.4, 0.5) is 5.69 Å². The fraction of sp³-hybridized carbons (Fsp3) is 0.0870. The maximum Gasteiger partial charge on any atom is 0.260 e. The Kier molecular flexibility index (Phi) is 6.08. The number of hydrogen-bond acceptors (Lipinski definition) is 1. The molecule has 0 aromatic heterocycles. The summed E-state index contributed by atoms with van der Waals surface area (Å²) in [6.45, 7) is 2.36. The van der Waals surface area contributed by atoms with Crippen molar-refractivity contribution in [1.29, 1.82) is 0 Å². The largest absolute Gasteiger partial charge is 0.297 e. The average molecular weight is 451 g/mol. The van der Waals surface area contributed by atoms with Crippen molar-refractivity contribution < 1.29 is 4.79 Å². The lowest BCUT2D eigenvalue weighted by Crippen LogP contribution is -2.32. The highest BCUT2D eigenvalue weighted by atomic mass is 127. The van der Waals surface area contributed by atoms with E-state index in [1.807, 2.05) is 85.8 Å². The molecule has 26 heavy (non-hydrogen) atoms. The quantitative estimate of drug-likeness (QED) is 0.391. The summed E-state index contributed by atoms with van der Waals surface area (Å²) in [5.74, 6) is 6.24. The SMILES string of the molecule is Cc1cccc(N(CC#Cc2ccccc2)C(=O)c2ccccc2I)c1. The third-order valence-electron chi connectivity index (χ3n) is 3.91. The summed E-state index contributed by atoms with van der Waals surface area (Å²) >= 11 is 2.20. The zero-order valence-electron chi connectivity index (χ0n) is 14.4. The van der Waals surface area contributed by atoms with Crippen molar-refractivity contribution in [3.05, 3.63) is 99.1 Å². The fourth-order valence-electron chi connectivity index (χ4n) is 2.60. The van der Waals surface area contributed by atoms with E-state index >= 15 is 0 Å². The van der Waals surface area contributed by atoms with Gasteiger partial charge in [0, 0.05) is 14.8 Å². The molecule has 0 N–H and O–H groups in total. The van der Waals surface area contributed by atoms with Crippen LogP contribution in [-0.4, -0.2) is 12.5 Å². The molecule has 0 unspecified atom stereocenters. The molecule has 0 saturated carbocycles. The van der Waals surface area contributed by atoms with Gasteiger partial charge in [0.05, 0.1) is 12.1 Å². The van der Waals surface area contributed by atoms with Gasteiger partial charge in [0.25, 0.3) is 5.91 Å². The smallest absolute Gasteiger partial charge is 0.260 e. The van der Waals surface area contributed by atoms with Gasteiger partial charge in [-0.1, -0.05) is 54.3 Å². The van der Waals surface area contributed by atoms with Gasteiger partial charge in [-0.3, -0.25) is 9.69 Å². The Labute approximate surface area is 168 Å². The minimum Gasteiger partial charge on any atom is -0.297 e. The number of hydrogen-bond donors (Lipinski definition) is 0. The van der Waals surface area contributed by atoms with Crippen molar-refractivity contribution in [3.8, 4) is 11.8 Å². The highest BCUT2D eigenvalue weighted by Gasteiger charge is 2.19. The van der Waals surface area contributed by atoms with Crippen molar-refractivity contribution in [1.82, 2.24) is 0 Å². The summed E-state index contributed by atoms with van der Waals surface area (Å²) in [4.78, 5) is 14.9. The van der Waals surface area contributed by atoms with E-state index in [0.29, 0.717) is 12.1 Å². The van der Waals surface area contributed by atoms with Crippen molar-refractivity contribution in [2.24, 2.45) is 0 Å². The summed E-state index contributed by atoms with van der Waals surface area (Å²) in [6.07, 6.45) is 0. The van der Waals surface area contributed by atoms with Crippen LogP contribution in [-0.2, 0) is 0 Å². The molecular formula is C23H18INO. The number of benzene rings is 3. The van der Waals surface area contributed by atoms with Gasteiger partial charge >= 0.3 is 0 Å². The molecule has 0 fully saturated rings. The molecule has 3 aromatic carbocycles. The third kappa shape index (κ3) is 4.53. The maximum atomic E-state index is 13.2. The van der Waals surface area contributed by atoms with E-state index in [0.717, 1.165) is 20.4 Å². The van der Waals surface area contributed by atoms with Gasteiger partial charge in [0.2, 0.25) is 0 Å². The molecule has 0 aliphatic rings. The standard InChI is InChI=1S/C23H18INO/c1-18-9-7-13-20(17-18)25(16-8-12-19-10-3-2-4-11-19)23(26)21-14-5-6-15-22(21)24/h2-7,9-11,13-15,17H,16H2,1H3. The van der Waals surface area contributed by atoms with Crippen molar-refractivity contribution in [2.45, 2.75) is 6.92 Å². The first-order chi connectivity index (χ1) is 12.6. The summed E-state index contributed by atoms with van der Waals surface area (Å²) in [5, 5.41) is 0. The second-order valence-electron chi connectivity index (χ2n) is 5.88. The Hall–Kier alpha value is -2.58. The molecule has 3 aromatic rings. The Bertz CT molecular complexity index is 970. The first-order valence-corrected chi connectivity index (χ1v) is 9.40. The van der Waals surface area contributed by atoms with E-state index in [1.165, 1.54) is 0 Å². The second kappa shape index (κ2) is 8.68. The van der Waals surface area contributed by atoms with E-state index in [-0.39, 0.29) is 5.91 Å². The molecule has 3 heteroatoms. The molecule has 0 atom stereocenters.